The van der Waals surface area contributed by atoms with Crippen LogP contribution in [0.4, 0.5) is 11.4 Å². The fourth-order valence-electron chi connectivity index (χ4n) is 3.52. The number of benzene rings is 3. The highest BCUT2D eigenvalue weighted by atomic mass is 79.9. The zero-order valence-corrected chi connectivity index (χ0v) is 19.0. The van der Waals surface area contributed by atoms with Gasteiger partial charge in [0.15, 0.2) is 5.82 Å². The van der Waals surface area contributed by atoms with Crippen LogP contribution in [0, 0.1) is 0 Å². The first-order valence-electron chi connectivity index (χ1n) is 10.1. The minimum absolute atomic E-state index is 0.184. The molecule has 168 valence electrons. The molecule has 5 aromatic rings. The molecule has 0 saturated heterocycles. The number of fused-ring (bicyclic) bond motifs is 1. The molecule has 0 unspecified atom stereocenters. The summed E-state index contributed by atoms with van der Waals surface area (Å²) in [5.74, 6) is -1.18. The summed E-state index contributed by atoms with van der Waals surface area (Å²) >= 11 is 3.38. The van der Waals surface area contributed by atoms with Crippen LogP contribution >= 0.6 is 15.9 Å². The first kappa shape index (κ1) is 21.4. The van der Waals surface area contributed by atoms with Crippen molar-refractivity contribution in [3.8, 4) is 11.4 Å². The normalized spacial score (nSPS) is 10.9. The lowest BCUT2D eigenvalue weighted by atomic mass is 10.1. The minimum Gasteiger partial charge on any atom is -0.349 e. The van der Waals surface area contributed by atoms with E-state index in [0.29, 0.717) is 33.7 Å². The van der Waals surface area contributed by atoms with E-state index in [9.17, 15) is 14.4 Å². The number of rotatable bonds is 5. The Bertz CT molecular complexity index is 1590. The molecular weight excluding hydrogens is 502 g/mol. The lowest BCUT2D eigenvalue weighted by Gasteiger charge is -2.09. The number of hydrogen-bond donors (Lipinski definition) is 4. The first-order valence-corrected chi connectivity index (χ1v) is 10.9. The number of halogens is 1. The van der Waals surface area contributed by atoms with Gasteiger partial charge in [-0.1, -0.05) is 51.4 Å². The summed E-state index contributed by atoms with van der Waals surface area (Å²) in [5.41, 5.74) is 2.88. The van der Waals surface area contributed by atoms with E-state index in [2.05, 4.69) is 46.2 Å². The van der Waals surface area contributed by atoms with Crippen LogP contribution in [0.1, 0.15) is 20.8 Å². The Hall–Kier alpha value is -4.44. The molecule has 0 bridgehead atoms. The van der Waals surface area contributed by atoms with Crippen LogP contribution in [-0.4, -0.2) is 26.9 Å². The average Bonchev–Trinajstić information content (AvgIpc) is 3.48. The van der Waals surface area contributed by atoms with E-state index in [1.165, 1.54) is 0 Å². The lowest BCUT2D eigenvalue weighted by Crippen LogP contribution is -2.13. The molecular formula is C24H16BrN5O4. The van der Waals surface area contributed by atoms with Gasteiger partial charge in [-0.25, -0.2) is 4.79 Å². The minimum atomic E-state index is -0.701. The van der Waals surface area contributed by atoms with Gasteiger partial charge in [-0.05, 0) is 42.5 Å². The zero-order valence-electron chi connectivity index (χ0n) is 17.4. The van der Waals surface area contributed by atoms with Gasteiger partial charge in [-0.3, -0.25) is 19.1 Å². The zero-order chi connectivity index (χ0) is 23.7. The third-order valence-electron chi connectivity index (χ3n) is 5.11. The van der Waals surface area contributed by atoms with Gasteiger partial charge >= 0.3 is 5.76 Å². The maximum Gasteiger partial charge on any atom is 0.439 e. The highest BCUT2D eigenvalue weighted by molar-refractivity contribution is 9.10. The van der Waals surface area contributed by atoms with E-state index in [-0.39, 0.29) is 11.7 Å². The molecule has 0 atom stereocenters. The molecule has 0 saturated carbocycles. The number of aromatic nitrogens is 3. The van der Waals surface area contributed by atoms with Gasteiger partial charge in [-0.15, -0.1) is 0 Å². The van der Waals surface area contributed by atoms with Crippen LogP contribution in [-0.2, 0) is 0 Å². The molecule has 0 fully saturated rings. The average molecular weight is 518 g/mol. The molecule has 0 aliphatic carbocycles. The number of carbonyl (C=O) groups excluding carboxylic acids is 2. The van der Waals surface area contributed by atoms with E-state index < -0.39 is 11.7 Å². The Morgan fingerprint density at radius 3 is 2.41 bits per heavy atom. The van der Waals surface area contributed by atoms with E-state index in [0.717, 1.165) is 9.86 Å². The lowest BCUT2D eigenvalue weighted by molar-refractivity contribution is 0.101. The van der Waals surface area contributed by atoms with Crippen molar-refractivity contribution in [3.05, 3.63) is 99.1 Å². The van der Waals surface area contributed by atoms with Crippen LogP contribution in [0.2, 0.25) is 0 Å². The fourth-order valence-corrected chi connectivity index (χ4v) is 3.88. The second-order valence-corrected chi connectivity index (χ2v) is 8.28. The Kier molecular flexibility index (Phi) is 5.56. The number of nitrogens with zero attached hydrogens (tertiary/aromatic N) is 1. The van der Waals surface area contributed by atoms with Gasteiger partial charge < -0.3 is 15.6 Å². The quantitative estimate of drug-likeness (QED) is 0.266. The Balaban J connectivity index is 1.44. The first-order chi connectivity index (χ1) is 16.5. The SMILES string of the molecule is O=C(Nc1cccc2cc(C(=O)Nc3ccc(Br)cc3-c3noc(=O)[nH]3)[nH]c12)c1ccccc1. The molecule has 2 amide bonds. The molecule has 4 N–H and O–H groups in total. The Morgan fingerprint density at radius 1 is 0.853 bits per heavy atom. The third kappa shape index (κ3) is 4.26. The number of aromatic amines is 2. The van der Waals surface area contributed by atoms with Crippen LogP contribution < -0.4 is 16.4 Å². The molecule has 0 spiro atoms. The van der Waals surface area contributed by atoms with Crippen LogP contribution in [0.5, 0.6) is 0 Å². The molecule has 9 nitrogen and oxygen atoms in total. The molecule has 0 radical (unpaired) electrons. The predicted molar refractivity (Wildman–Crippen MR) is 131 cm³/mol. The van der Waals surface area contributed by atoms with Gasteiger partial charge in [0.05, 0.1) is 16.9 Å². The van der Waals surface area contributed by atoms with Crippen molar-refractivity contribution in [1.29, 1.82) is 0 Å². The summed E-state index contributed by atoms with van der Waals surface area (Å²) < 4.78 is 5.32. The van der Waals surface area contributed by atoms with Crippen molar-refractivity contribution in [2.75, 3.05) is 10.6 Å². The molecule has 2 aromatic heterocycles. The van der Waals surface area contributed by atoms with Crippen LogP contribution in [0.15, 0.2) is 86.6 Å². The van der Waals surface area contributed by atoms with E-state index >= 15 is 0 Å². The summed E-state index contributed by atoms with van der Waals surface area (Å²) in [5, 5.41) is 10.2. The largest absolute Gasteiger partial charge is 0.439 e. The molecule has 5 rings (SSSR count). The predicted octanol–water partition coefficient (Wildman–Crippen LogP) is 4.78. The van der Waals surface area contributed by atoms with Crippen molar-refractivity contribution in [2.45, 2.75) is 0 Å². The topological polar surface area (TPSA) is 133 Å². The van der Waals surface area contributed by atoms with Crippen molar-refractivity contribution in [2.24, 2.45) is 0 Å². The van der Waals surface area contributed by atoms with Gasteiger partial charge in [-0.2, -0.15) is 0 Å². The number of H-pyrrole nitrogens is 2. The summed E-state index contributed by atoms with van der Waals surface area (Å²) in [6.45, 7) is 0. The number of para-hydroxylation sites is 1. The molecule has 10 heteroatoms. The van der Waals surface area contributed by atoms with Gasteiger partial charge in [0.25, 0.3) is 11.8 Å². The number of anilines is 2. The van der Waals surface area contributed by atoms with Crippen molar-refractivity contribution in [3.63, 3.8) is 0 Å². The van der Waals surface area contributed by atoms with E-state index in [1.807, 2.05) is 12.1 Å². The van der Waals surface area contributed by atoms with Crippen molar-refractivity contribution < 1.29 is 14.1 Å². The van der Waals surface area contributed by atoms with Crippen molar-refractivity contribution in [1.82, 2.24) is 15.1 Å². The monoisotopic (exact) mass is 517 g/mol. The maximum absolute atomic E-state index is 13.1. The summed E-state index contributed by atoms with van der Waals surface area (Å²) in [6, 6.07) is 21.1. The fraction of sp³-hybridized carbons (Fsp3) is 0. The number of nitrogens with one attached hydrogen (secondary N) is 4. The summed E-state index contributed by atoms with van der Waals surface area (Å²) in [7, 11) is 0. The number of carbonyl (C=O) groups is 2. The maximum atomic E-state index is 13.1. The summed E-state index contributed by atoms with van der Waals surface area (Å²) in [4.78, 5) is 42.6. The van der Waals surface area contributed by atoms with Gasteiger partial charge in [0.1, 0.15) is 5.69 Å². The second kappa shape index (κ2) is 8.83. The van der Waals surface area contributed by atoms with Crippen molar-refractivity contribution >= 4 is 50.0 Å². The van der Waals surface area contributed by atoms with Crippen LogP contribution in [0.3, 0.4) is 0 Å². The molecule has 34 heavy (non-hydrogen) atoms. The molecule has 2 heterocycles. The molecule has 0 aliphatic rings. The van der Waals surface area contributed by atoms with Gasteiger partial charge in [0.2, 0.25) is 0 Å². The highest BCUT2D eigenvalue weighted by Gasteiger charge is 2.17. The highest BCUT2D eigenvalue weighted by Crippen LogP contribution is 2.30. The molecule has 0 aliphatic heterocycles. The van der Waals surface area contributed by atoms with Crippen LogP contribution in [0.25, 0.3) is 22.3 Å². The summed E-state index contributed by atoms with van der Waals surface area (Å²) in [6.07, 6.45) is 0. The Morgan fingerprint density at radius 2 is 1.65 bits per heavy atom. The third-order valence-corrected chi connectivity index (χ3v) is 5.60. The second-order valence-electron chi connectivity index (χ2n) is 7.36. The standard InChI is InChI=1S/C24H16BrN5O4/c25-15-9-10-17(16(12-15)21-29-24(33)34-30-21)27-23(32)19-11-14-7-4-8-18(20(14)26-19)28-22(31)13-5-2-1-3-6-13/h1-12,26H,(H,27,32)(H,28,31)(H,29,30,33). The Labute approximate surface area is 200 Å². The van der Waals surface area contributed by atoms with E-state index in [4.69, 9.17) is 0 Å². The van der Waals surface area contributed by atoms with E-state index in [1.54, 1.807) is 60.7 Å². The number of hydrogen-bond acceptors (Lipinski definition) is 5. The number of amides is 2. The molecule has 3 aromatic carbocycles. The van der Waals surface area contributed by atoms with Gasteiger partial charge in [0, 0.05) is 21.0 Å². The smallest absolute Gasteiger partial charge is 0.349 e.